The molecule has 1 fully saturated rings. The van der Waals surface area contributed by atoms with E-state index in [0.717, 1.165) is 5.56 Å². The van der Waals surface area contributed by atoms with Gasteiger partial charge in [0.15, 0.2) is 0 Å². The molecular weight excluding hydrogens is 441 g/mol. The van der Waals surface area contributed by atoms with Crippen LogP contribution in [0.3, 0.4) is 0 Å². The molecule has 3 atom stereocenters. The molecule has 1 N–H and O–H groups in total. The number of alkyl halides is 3. The molecule has 1 saturated carbocycles. The van der Waals surface area contributed by atoms with Crippen molar-refractivity contribution in [1.82, 2.24) is 0 Å². The lowest BCUT2D eigenvalue weighted by Crippen LogP contribution is -2.43. The molecule has 0 spiro atoms. The maximum absolute atomic E-state index is 13.1. The van der Waals surface area contributed by atoms with E-state index in [1.165, 1.54) is 0 Å². The summed E-state index contributed by atoms with van der Waals surface area (Å²) in [6.07, 6.45) is -6.86. The van der Waals surface area contributed by atoms with Gasteiger partial charge in [0.1, 0.15) is 11.5 Å². The van der Waals surface area contributed by atoms with E-state index in [0.29, 0.717) is 29.7 Å². The van der Waals surface area contributed by atoms with Crippen LogP contribution < -0.4 is 4.74 Å². The van der Waals surface area contributed by atoms with Crippen molar-refractivity contribution in [2.24, 2.45) is 11.8 Å². The average molecular weight is 466 g/mol. The Morgan fingerprint density at radius 2 is 1.55 bits per heavy atom. The highest BCUT2D eigenvalue weighted by Gasteiger charge is 2.48. The van der Waals surface area contributed by atoms with Gasteiger partial charge in [-0.3, -0.25) is 14.1 Å². The fourth-order valence-corrected chi connectivity index (χ4v) is 4.45. The molecule has 1 aromatic carbocycles. The zero-order valence-corrected chi connectivity index (χ0v) is 18.2. The number of hydrogen-bond donors (Lipinski definition) is 1. The van der Waals surface area contributed by atoms with Crippen LogP contribution in [-0.4, -0.2) is 42.9 Å². The summed E-state index contributed by atoms with van der Waals surface area (Å²) in [6, 6.07) is 3.62. The fourth-order valence-electron chi connectivity index (χ4n) is 3.81. The van der Waals surface area contributed by atoms with Crippen LogP contribution >= 0.6 is 0 Å². The van der Waals surface area contributed by atoms with Crippen molar-refractivity contribution in [2.75, 3.05) is 5.75 Å². The van der Waals surface area contributed by atoms with E-state index in [4.69, 9.17) is 9.29 Å². The smallest absolute Gasteiger partial charge is 0.426 e. The second-order valence-electron chi connectivity index (χ2n) is 7.86. The molecule has 11 heteroatoms. The molecule has 0 radical (unpaired) electrons. The molecule has 0 bridgehead atoms. The van der Waals surface area contributed by atoms with Gasteiger partial charge >= 0.3 is 18.1 Å². The summed E-state index contributed by atoms with van der Waals surface area (Å²) < 4.78 is 79.8. The SMILES string of the molecule is Cc1cc(C)c(OC(=O)C2CCCCC2C(=O)OC(CS(=O)(=O)O)C(F)(F)F)c(C)c1. The van der Waals surface area contributed by atoms with Crippen LogP contribution in [0.5, 0.6) is 5.75 Å². The van der Waals surface area contributed by atoms with Gasteiger partial charge in [0.05, 0.1) is 11.8 Å². The predicted octanol–water partition coefficient (Wildman–Crippen LogP) is 3.69. The van der Waals surface area contributed by atoms with E-state index in [2.05, 4.69) is 4.74 Å². The van der Waals surface area contributed by atoms with Gasteiger partial charge in [0, 0.05) is 0 Å². The number of hydrogen-bond acceptors (Lipinski definition) is 6. The number of benzene rings is 1. The standard InChI is InChI=1S/C20H25F3O7S/c1-11-8-12(2)17(13(3)9-11)30-19(25)15-7-5-4-6-14(15)18(24)29-16(20(21,22)23)10-31(26,27)28/h8-9,14-16H,4-7,10H2,1-3H3,(H,26,27,28). The van der Waals surface area contributed by atoms with Gasteiger partial charge in [-0.1, -0.05) is 30.5 Å². The highest BCUT2D eigenvalue weighted by Crippen LogP contribution is 2.35. The average Bonchev–Trinajstić information content (AvgIpc) is 2.62. The first kappa shape index (κ1) is 25.1. The third kappa shape index (κ3) is 6.93. The van der Waals surface area contributed by atoms with Gasteiger partial charge in [0.25, 0.3) is 10.1 Å². The van der Waals surface area contributed by atoms with Crippen molar-refractivity contribution in [3.8, 4) is 5.75 Å². The Kier molecular flexibility index (Phi) is 7.75. The first-order valence-electron chi connectivity index (χ1n) is 9.71. The summed E-state index contributed by atoms with van der Waals surface area (Å²) in [4.78, 5) is 25.3. The normalized spacial score (nSPS) is 20.7. The lowest BCUT2D eigenvalue weighted by atomic mass is 9.79. The molecule has 31 heavy (non-hydrogen) atoms. The molecule has 7 nitrogen and oxygen atoms in total. The molecule has 2 rings (SSSR count). The summed E-state index contributed by atoms with van der Waals surface area (Å²) >= 11 is 0. The van der Waals surface area contributed by atoms with Gasteiger partial charge in [-0.25, -0.2) is 0 Å². The number of esters is 2. The highest BCUT2D eigenvalue weighted by molar-refractivity contribution is 7.85. The Balaban J connectivity index is 2.21. The molecule has 0 saturated heterocycles. The lowest BCUT2D eigenvalue weighted by Gasteiger charge is -2.30. The van der Waals surface area contributed by atoms with E-state index in [1.54, 1.807) is 13.8 Å². The van der Waals surface area contributed by atoms with Gasteiger partial charge in [0.2, 0.25) is 6.10 Å². The van der Waals surface area contributed by atoms with E-state index in [9.17, 15) is 31.2 Å². The van der Waals surface area contributed by atoms with Gasteiger partial charge < -0.3 is 9.47 Å². The largest absolute Gasteiger partial charge is 0.451 e. The van der Waals surface area contributed by atoms with E-state index < -0.39 is 51.9 Å². The van der Waals surface area contributed by atoms with Crippen LogP contribution in [0, 0.1) is 32.6 Å². The summed E-state index contributed by atoms with van der Waals surface area (Å²) in [5.41, 5.74) is 2.36. The zero-order valence-electron chi connectivity index (χ0n) is 17.4. The summed E-state index contributed by atoms with van der Waals surface area (Å²) in [6.45, 7) is 5.37. The van der Waals surface area contributed by atoms with E-state index >= 15 is 0 Å². The monoisotopic (exact) mass is 466 g/mol. The molecule has 0 aromatic heterocycles. The molecule has 3 unspecified atom stereocenters. The molecular formula is C20H25F3O7S. The maximum Gasteiger partial charge on any atom is 0.426 e. The Morgan fingerprint density at radius 3 is 2.00 bits per heavy atom. The van der Waals surface area contributed by atoms with Crippen molar-refractivity contribution in [3.05, 3.63) is 28.8 Å². The van der Waals surface area contributed by atoms with Crippen LogP contribution in [0.25, 0.3) is 0 Å². The molecule has 174 valence electrons. The number of ether oxygens (including phenoxy) is 2. The quantitative estimate of drug-likeness (QED) is 0.387. The van der Waals surface area contributed by atoms with Crippen molar-refractivity contribution >= 4 is 22.1 Å². The Hall–Kier alpha value is -2.14. The zero-order chi connectivity index (χ0) is 23.6. The molecule has 1 aliphatic rings. The number of rotatable bonds is 6. The molecule has 1 aliphatic carbocycles. The van der Waals surface area contributed by atoms with Crippen molar-refractivity contribution in [3.63, 3.8) is 0 Å². The maximum atomic E-state index is 13.1. The fraction of sp³-hybridized carbons (Fsp3) is 0.600. The number of carbonyl (C=O) groups is 2. The van der Waals surface area contributed by atoms with Gasteiger partial charge in [-0.05, 0) is 44.7 Å². The third-order valence-corrected chi connectivity index (χ3v) is 5.89. The first-order chi connectivity index (χ1) is 14.2. The number of carbonyl (C=O) groups excluding carboxylic acids is 2. The Bertz CT molecular complexity index is 918. The highest BCUT2D eigenvalue weighted by atomic mass is 32.2. The van der Waals surface area contributed by atoms with Crippen LogP contribution in [0.4, 0.5) is 13.2 Å². The van der Waals surface area contributed by atoms with Crippen molar-refractivity contribution < 1.29 is 45.2 Å². The van der Waals surface area contributed by atoms with E-state index in [1.807, 2.05) is 19.1 Å². The van der Waals surface area contributed by atoms with Crippen LogP contribution in [0.1, 0.15) is 42.4 Å². The molecule has 0 aliphatic heterocycles. The van der Waals surface area contributed by atoms with Crippen molar-refractivity contribution in [2.45, 2.75) is 58.7 Å². The minimum Gasteiger partial charge on any atom is -0.451 e. The third-order valence-electron chi connectivity index (χ3n) is 5.16. The van der Waals surface area contributed by atoms with Crippen LogP contribution in [0.2, 0.25) is 0 Å². The van der Waals surface area contributed by atoms with Crippen LogP contribution in [-0.2, 0) is 24.4 Å². The molecule has 0 heterocycles. The molecule has 1 aromatic rings. The summed E-state index contributed by atoms with van der Waals surface area (Å²) in [5, 5.41) is 0. The Labute approximate surface area is 178 Å². The minimum atomic E-state index is -5.20. The summed E-state index contributed by atoms with van der Waals surface area (Å²) in [7, 11) is -5.06. The first-order valence-corrected chi connectivity index (χ1v) is 11.3. The Morgan fingerprint density at radius 1 is 1.06 bits per heavy atom. The number of aryl methyl sites for hydroxylation is 3. The van der Waals surface area contributed by atoms with Gasteiger partial charge in [-0.15, -0.1) is 0 Å². The number of halogens is 3. The predicted molar refractivity (Wildman–Crippen MR) is 104 cm³/mol. The second kappa shape index (κ2) is 9.56. The summed E-state index contributed by atoms with van der Waals surface area (Å²) in [5.74, 6) is -5.82. The van der Waals surface area contributed by atoms with Gasteiger partial charge in [-0.2, -0.15) is 21.6 Å². The lowest BCUT2D eigenvalue weighted by molar-refractivity contribution is -0.219. The second-order valence-corrected chi connectivity index (χ2v) is 9.36. The van der Waals surface area contributed by atoms with Crippen LogP contribution in [0.15, 0.2) is 12.1 Å². The van der Waals surface area contributed by atoms with E-state index in [-0.39, 0.29) is 12.8 Å². The minimum absolute atomic E-state index is 0.0981. The molecule has 0 amide bonds. The van der Waals surface area contributed by atoms with Crippen molar-refractivity contribution in [1.29, 1.82) is 0 Å². The topological polar surface area (TPSA) is 107 Å².